The van der Waals surface area contributed by atoms with Crippen molar-refractivity contribution in [2.45, 2.75) is 19.6 Å². The number of nitrogens with one attached hydrogen (secondary N) is 1. The zero-order valence-corrected chi connectivity index (χ0v) is 13.2. The fourth-order valence-electron chi connectivity index (χ4n) is 2.15. The lowest BCUT2D eigenvalue weighted by atomic mass is 10.3. The predicted molar refractivity (Wildman–Crippen MR) is 87.5 cm³/mol. The molecular formula is C17H17N5O2. The maximum Gasteiger partial charge on any atom is 0.261 e. The average molecular weight is 323 g/mol. The van der Waals surface area contributed by atoms with Crippen LogP contribution >= 0.6 is 0 Å². The van der Waals surface area contributed by atoms with Crippen molar-refractivity contribution in [3.05, 3.63) is 66.5 Å². The summed E-state index contributed by atoms with van der Waals surface area (Å²) in [7, 11) is 0. The third kappa shape index (κ3) is 3.75. The minimum atomic E-state index is -0.617. The molecule has 0 aliphatic rings. The molecule has 0 saturated heterocycles. The van der Waals surface area contributed by atoms with Gasteiger partial charge in [-0.2, -0.15) is 4.68 Å². The van der Waals surface area contributed by atoms with E-state index in [9.17, 15) is 4.79 Å². The summed E-state index contributed by atoms with van der Waals surface area (Å²) >= 11 is 0. The maximum absolute atomic E-state index is 12.2. The van der Waals surface area contributed by atoms with Gasteiger partial charge in [0, 0.05) is 0 Å². The summed E-state index contributed by atoms with van der Waals surface area (Å²) in [5.41, 5.74) is 0.834. The first kappa shape index (κ1) is 15.7. The van der Waals surface area contributed by atoms with Crippen LogP contribution in [-0.4, -0.2) is 32.2 Å². The predicted octanol–water partition coefficient (Wildman–Crippen LogP) is 1.75. The average Bonchev–Trinajstić information content (AvgIpc) is 3.10. The number of tetrazole rings is 1. The molecule has 0 aliphatic carbocycles. The first-order valence-corrected chi connectivity index (χ1v) is 7.56. The van der Waals surface area contributed by atoms with Gasteiger partial charge >= 0.3 is 0 Å². The van der Waals surface area contributed by atoms with Crippen molar-refractivity contribution in [3.8, 4) is 11.4 Å². The van der Waals surface area contributed by atoms with Crippen LogP contribution < -0.4 is 10.1 Å². The Morgan fingerprint density at radius 2 is 1.79 bits per heavy atom. The van der Waals surface area contributed by atoms with E-state index in [1.807, 2.05) is 48.5 Å². The Kier molecular flexibility index (Phi) is 4.81. The molecule has 1 amide bonds. The Morgan fingerprint density at radius 3 is 2.50 bits per heavy atom. The van der Waals surface area contributed by atoms with E-state index in [1.54, 1.807) is 23.7 Å². The summed E-state index contributed by atoms with van der Waals surface area (Å²) in [6.45, 7) is 1.91. The molecule has 0 fully saturated rings. The molecule has 0 bridgehead atoms. The van der Waals surface area contributed by atoms with Crippen molar-refractivity contribution >= 4 is 5.91 Å². The van der Waals surface area contributed by atoms with Crippen LogP contribution in [0.3, 0.4) is 0 Å². The molecule has 0 spiro atoms. The molecule has 1 aromatic heterocycles. The highest BCUT2D eigenvalue weighted by Gasteiger charge is 2.16. The molecule has 3 rings (SSSR count). The standard InChI is InChI=1S/C17H17N5O2/c1-13(24-15-10-6-3-7-11-15)17(23)18-12-16-19-20-21-22(16)14-8-4-2-5-9-14/h2-11,13H,12H2,1H3,(H,18,23). The number of hydrogen-bond donors (Lipinski definition) is 1. The lowest BCUT2D eigenvalue weighted by Gasteiger charge is -2.14. The molecule has 1 unspecified atom stereocenters. The number of carbonyl (C=O) groups is 1. The van der Waals surface area contributed by atoms with Crippen molar-refractivity contribution in [2.24, 2.45) is 0 Å². The molecule has 2 aromatic carbocycles. The van der Waals surface area contributed by atoms with Gasteiger partial charge in [-0.3, -0.25) is 4.79 Å². The third-order valence-electron chi connectivity index (χ3n) is 3.38. The number of carbonyl (C=O) groups excluding carboxylic acids is 1. The molecule has 0 aliphatic heterocycles. The number of aromatic nitrogens is 4. The smallest absolute Gasteiger partial charge is 0.261 e. The number of rotatable bonds is 6. The molecule has 1 N–H and O–H groups in total. The largest absolute Gasteiger partial charge is 0.481 e. The molecule has 0 radical (unpaired) electrons. The molecule has 7 nitrogen and oxygen atoms in total. The fraction of sp³-hybridized carbons (Fsp3) is 0.176. The van der Waals surface area contributed by atoms with E-state index >= 15 is 0 Å². The van der Waals surface area contributed by atoms with Crippen molar-refractivity contribution in [2.75, 3.05) is 0 Å². The zero-order chi connectivity index (χ0) is 16.8. The Labute approximate surface area is 139 Å². The monoisotopic (exact) mass is 323 g/mol. The third-order valence-corrected chi connectivity index (χ3v) is 3.38. The number of nitrogens with zero attached hydrogens (tertiary/aromatic N) is 4. The van der Waals surface area contributed by atoms with Crippen LogP contribution in [-0.2, 0) is 11.3 Å². The molecule has 122 valence electrons. The summed E-state index contributed by atoms with van der Waals surface area (Å²) in [5.74, 6) is 0.956. The Morgan fingerprint density at radius 1 is 1.12 bits per heavy atom. The molecular weight excluding hydrogens is 306 g/mol. The summed E-state index contributed by atoms with van der Waals surface area (Å²) < 4.78 is 7.18. The summed E-state index contributed by atoms with van der Waals surface area (Å²) in [5, 5.41) is 14.4. The van der Waals surface area contributed by atoms with E-state index in [0.717, 1.165) is 5.69 Å². The van der Waals surface area contributed by atoms with Crippen molar-refractivity contribution in [1.29, 1.82) is 0 Å². The molecule has 24 heavy (non-hydrogen) atoms. The minimum absolute atomic E-state index is 0.212. The van der Waals surface area contributed by atoms with E-state index in [-0.39, 0.29) is 12.5 Å². The lowest BCUT2D eigenvalue weighted by molar-refractivity contribution is -0.127. The highest BCUT2D eigenvalue weighted by atomic mass is 16.5. The van der Waals surface area contributed by atoms with E-state index in [0.29, 0.717) is 11.6 Å². The topological polar surface area (TPSA) is 81.9 Å². The fourth-order valence-corrected chi connectivity index (χ4v) is 2.15. The summed E-state index contributed by atoms with van der Waals surface area (Å²) in [6.07, 6.45) is -0.617. The number of benzene rings is 2. The minimum Gasteiger partial charge on any atom is -0.481 e. The Hall–Kier alpha value is -3.22. The SMILES string of the molecule is CC(Oc1ccccc1)C(=O)NCc1nnnn1-c1ccccc1. The van der Waals surface area contributed by atoms with Gasteiger partial charge in [0.2, 0.25) is 0 Å². The van der Waals surface area contributed by atoms with Gasteiger partial charge in [-0.1, -0.05) is 36.4 Å². The molecule has 7 heteroatoms. The summed E-state index contributed by atoms with van der Waals surface area (Å²) in [4.78, 5) is 12.2. The second kappa shape index (κ2) is 7.36. The van der Waals surface area contributed by atoms with Gasteiger partial charge in [0.15, 0.2) is 11.9 Å². The van der Waals surface area contributed by atoms with Crippen LogP contribution in [0, 0.1) is 0 Å². The van der Waals surface area contributed by atoms with Crippen LogP contribution in [0.5, 0.6) is 5.75 Å². The van der Waals surface area contributed by atoms with Crippen LogP contribution in [0.15, 0.2) is 60.7 Å². The van der Waals surface area contributed by atoms with Crippen molar-refractivity contribution in [3.63, 3.8) is 0 Å². The quantitative estimate of drug-likeness (QED) is 0.747. The molecule has 0 saturated carbocycles. The van der Waals surface area contributed by atoms with Crippen molar-refractivity contribution < 1.29 is 9.53 Å². The van der Waals surface area contributed by atoms with Crippen molar-refractivity contribution in [1.82, 2.24) is 25.5 Å². The number of para-hydroxylation sites is 2. The highest BCUT2D eigenvalue weighted by Crippen LogP contribution is 2.11. The van der Waals surface area contributed by atoms with Gasteiger partial charge < -0.3 is 10.1 Å². The molecule has 3 aromatic rings. The number of hydrogen-bond acceptors (Lipinski definition) is 5. The highest BCUT2D eigenvalue weighted by molar-refractivity contribution is 5.80. The molecule has 1 atom stereocenters. The van der Waals surface area contributed by atoms with E-state index in [4.69, 9.17) is 4.74 Å². The second-order valence-corrected chi connectivity index (χ2v) is 5.13. The van der Waals surface area contributed by atoms with Gasteiger partial charge in [0.1, 0.15) is 5.75 Å². The van der Waals surface area contributed by atoms with Gasteiger partial charge in [0.25, 0.3) is 5.91 Å². The number of ether oxygens (including phenoxy) is 1. The van der Waals surface area contributed by atoms with Crippen LogP contribution in [0.25, 0.3) is 5.69 Å². The van der Waals surface area contributed by atoms with E-state index < -0.39 is 6.10 Å². The first-order valence-electron chi connectivity index (χ1n) is 7.56. The normalized spacial score (nSPS) is 11.7. The van der Waals surface area contributed by atoms with Crippen LogP contribution in [0.4, 0.5) is 0 Å². The van der Waals surface area contributed by atoms with Gasteiger partial charge in [0.05, 0.1) is 12.2 Å². The van der Waals surface area contributed by atoms with E-state index in [1.165, 1.54) is 0 Å². The maximum atomic E-state index is 12.2. The second-order valence-electron chi connectivity index (χ2n) is 5.13. The molecule has 1 heterocycles. The van der Waals surface area contributed by atoms with Crippen LogP contribution in [0.1, 0.15) is 12.7 Å². The van der Waals surface area contributed by atoms with E-state index in [2.05, 4.69) is 20.8 Å². The first-order chi connectivity index (χ1) is 11.7. The zero-order valence-electron chi connectivity index (χ0n) is 13.2. The van der Waals surface area contributed by atoms with Crippen LogP contribution in [0.2, 0.25) is 0 Å². The van der Waals surface area contributed by atoms with Gasteiger partial charge in [-0.15, -0.1) is 5.10 Å². The number of amides is 1. The Bertz CT molecular complexity index is 789. The Balaban J connectivity index is 1.60. The van der Waals surface area contributed by atoms with Gasteiger partial charge in [-0.25, -0.2) is 0 Å². The summed E-state index contributed by atoms with van der Waals surface area (Å²) in [6, 6.07) is 18.7. The lowest BCUT2D eigenvalue weighted by Crippen LogP contribution is -2.36. The van der Waals surface area contributed by atoms with Gasteiger partial charge in [-0.05, 0) is 41.6 Å².